The molecule has 6 nitrogen and oxygen atoms in total. The first kappa shape index (κ1) is 17.3. The van der Waals surface area contributed by atoms with E-state index in [4.69, 9.17) is 5.73 Å². The van der Waals surface area contributed by atoms with E-state index in [-0.39, 0.29) is 17.2 Å². The number of rotatable bonds is 3. The van der Waals surface area contributed by atoms with Crippen LogP contribution >= 0.6 is 0 Å². The number of hydrogen-bond acceptors (Lipinski definition) is 5. The minimum Gasteiger partial charge on any atom is -0.385 e. The summed E-state index contributed by atoms with van der Waals surface area (Å²) in [4.78, 5) is 28.8. The summed E-state index contributed by atoms with van der Waals surface area (Å²) in [6.45, 7) is 2.93. The number of fused-ring (bicyclic) bond motifs is 1. The highest BCUT2D eigenvalue weighted by Crippen LogP contribution is 2.62. The van der Waals surface area contributed by atoms with Crippen molar-refractivity contribution >= 4 is 23.6 Å². The zero-order valence-corrected chi connectivity index (χ0v) is 14.4. The molecule has 26 heavy (non-hydrogen) atoms. The first-order valence-corrected chi connectivity index (χ1v) is 8.03. The average molecular weight is 344 g/mol. The second kappa shape index (κ2) is 5.79. The fourth-order valence-electron chi connectivity index (χ4n) is 4.08. The van der Waals surface area contributed by atoms with Gasteiger partial charge >= 0.3 is 0 Å². The maximum absolute atomic E-state index is 12.7. The second-order valence-corrected chi connectivity index (χ2v) is 6.43. The molecule has 3 rings (SSSR count). The number of ketones is 1. The van der Waals surface area contributed by atoms with Crippen LogP contribution < -0.4 is 5.73 Å². The Bertz CT molecular complexity index is 991. The molecule has 6 heteroatoms. The van der Waals surface area contributed by atoms with Crippen molar-refractivity contribution in [2.45, 2.75) is 13.8 Å². The number of benzene rings is 1. The maximum atomic E-state index is 12.7. The van der Waals surface area contributed by atoms with Crippen molar-refractivity contribution in [1.29, 1.82) is 10.5 Å². The van der Waals surface area contributed by atoms with Crippen LogP contribution in [0.1, 0.15) is 19.4 Å². The molecule has 1 heterocycles. The number of nitrogens with zero attached hydrogens (tertiary/aromatic N) is 3. The second-order valence-electron chi connectivity index (χ2n) is 6.43. The van der Waals surface area contributed by atoms with Crippen LogP contribution in [0.15, 0.2) is 52.5 Å². The lowest BCUT2D eigenvalue weighted by Crippen LogP contribution is -2.48. The molecular formula is C20H16N4O2. The Kier molecular flexibility index (Phi) is 3.85. The Hall–Kier alpha value is -3.51. The number of carbonyl (C=O) groups is 2. The van der Waals surface area contributed by atoms with E-state index in [1.54, 1.807) is 19.1 Å². The summed E-state index contributed by atoms with van der Waals surface area (Å²) < 4.78 is 0. The van der Waals surface area contributed by atoms with Gasteiger partial charge in [0, 0.05) is 11.5 Å². The van der Waals surface area contributed by atoms with Crippen molar-refractivity contribution in [1.82, 2.24) is 0 Å². The number of amides is 1. The number of aliphatic imine (C=N–C) groups is 1. The van der Waals surface area contributed by atoms with Gasteiger partial charge in [0.05, 0.1) is 12.1 Å². The van der Waals surface area contributed by atoms with Gasteiger partial charge in [-0.25, -0.2) is 0 Å². The SMILES string of the molecule is CC(=O)C1=C(C)[C@@]2(C#N)C(N)=NC(=O)[C@@]2(C#N)[C@@H]1/C=C/c1ccccc1. The first-order chi connectivity index (χ1) is 12.4. The molecule has 1 amide bonds. The van der Waals surface area contributed by atoms with Crippen molar-refractivity contribution < 1.29 is 9.59 Å². The molecule has 0 bridgehead atoms. The monoisotopic (exact) mass is 344 g/mol. The van der Waals surface area contributed by atoms with Gasteiger partial charge in [-0.1, -0.05) is 42.5 Å². The lowest BCUT2D eigenvalue weighted by atomic mass is 9.61. The van der Waals surface area contributed by atoms with Gasteiger partial charge in [-0.05, 0) is 25.0 Å². The lowest BCUT2D eigenvalue weighted by Gasteiger charge is -2.31. The van der Waals surface area contributed by atoms with Gasteiger partial charge < -0.3 is 5.73 Å². The minimum absolute atomic E-state index is 0.224. The quantitative estimate of drug-likeness (QED) is 0.900. The molecule has 0 spiro atoms. The molecule has 0 aromatic heterocycles. The molecule has 2 N–H and O–H groups in total. The molecule has 1 aromatic carbocycles. The topological polar surface area (TPSA) is 120 Å². The van der Waals surface area contributed by atoms with Crippen molar-refractivity contribution in [3.8, 4) is 12.1 Å². The van der Waals surface area contributed by atoms with Crippen LogP contribution in [-0.2, 0) is 9.59 Å². The van der Waals surface area contributed by atoms with E-state index < -0.39 is 22.7 Å². The zero-order chi connectivity index (χ0) is 19.1. The number of amidine groups is 1. The Morgan fingerprint density at radius 3 is 2.46 bits per heavy atom. The average Bonchev–Trinajstić information content (AvgIpc) is 2.99. The molecule has 0 saturated carbocycles. The number of hydrogen-bond donors (Lipinski definition) is 1. The van der Waals surface area contributed by atoms with Gasteiger partial charge in [0.1, 0.15) is 5.84 Å². The molecule has 0 unspecified atom stereocenters. The largest absolute Gasteiger partial charge is 0.385 e. The smallest absolute Gasteiger partial charge is 0.271 e. The Balaban J connectivity index is 2.28. The van der Waals surface area contributed by atoms with Gasteiger partial charge in [0.2, 0.25) is 0 Å². The van der Waals surface area contributed by atoms with Gasteiger partial charge in [-0.3, -0.25) is 9.59 Å². The highest BCUT2D eigenvalue weighted by molar-refractivity contribution is 6.17. The van der Waals surface area contributed by atoms with Crippen LogP contribution in [0.3, 0.4) is 0 Å². The van der Waals surface area contributed by atoms with Gasteiger partial charge in [-0.15, -0.1) is 0 Å². The summed E-state index contributed by atoms with van der Waals surface area (Å²) in [5.41, 5.74) is 3.78. The molecule has 1 aromatic rings. The van der Waals surface area contributed by atoms with Crippen molar-refractivity contribution in [3.05, 3.63) is 53.1 Å². The van der Waals surface area contributed by atoms with Crippen LogP contribution in [0.25, 0.3) is 6.08 Å². The van der Waals surface area contributed by atoms with E-state index in [9.17, 15) is 20.1 Å². The fraction of sp³-hybridized carbons (Fsp3) is 0.250. The van der Waals surface area contributed by atoms with E-state index in [1.807, 2.05) is 42.5 Å². The summed E-state index contributed by atoms with van der Waals surface area (Å²) in [7, 11) is 0. The first-order valence-electron chi connectivity index (χ1n) is 8.03. The van der Waals surface area contributed by atoms with Crippen LogP contribution in [0.2, 0.25) is 0 Å². The summed E-state index contributed by atoms with van der Waals surface area (Å²) in [5.74, 6) is -2.21. The summed E-state index contributed by atoms with van der Waals surface area (Å²) >= 11 is 0. The van der Waals surface area contributed by atoms with E-state index in [0.717, 1.165) is 5.56 Å². The molecule has 0 radical (unpaired) electrons. The number of allylic oxidation sites excluding steroid dienone is 2. The van der Waals surface area contributed by atoms with Gasteiger partial charge in [0.15, 0.2) is 16.6 Å². The van der Waals surface area contributed by atoms with E-state index in [2.05, 4.69) is 4.99 Å². The summed E-state index contributed by atoms with van der Waals surface area (Å²) in [5, 5.41) is 19.9. The van der Waals surface area contributed by atoms with Gasteiger partial charge in [0.25, 0.3) is 5.91 Å². The van der Waals surface area contributed by atoms with Crippen LogP contribution in [0.5, 0.6) is 0 Å². The van der Waals surface area contributed by atoms with E-state index in [1.165, 1.54) is 6.92 Å². The zero-order valence-electron chi connectivity index (χ0n) is 14.4. The van der Waals surface area contributed by atoms with Crippen molar-refractivity contribution in [3.63, 3.8) is 0 Å². The Morgan fingerprint density at radius 2 is 1.92 bits per heavy atom. The summed E-state index contributed by atoms with van der Waals surface area (Å²) in [6.07, 6.45) is 3.36. The fourth-order valence-corrected chi connectivity index (χ4v) is 4.08. The van der Waals surface area contributed by atoms with Gasteiger partial charge in [-0.2, -0.15) is 15.5 Å². The minimum atomic E-state index is -1.86. The molecular weight excluding hydrogens is 328 g/mol. The van der Waals surface area contributed by atoms with Crippen LogP contribution in [0, 0.1) is 39.4 Å². The van der Waals surface area contributed by atoms with Crippen LogP contribution in [0.4, 0.5) is 0 Å². The van der Waals surface area contributed by atoms with E-state index >= 15 is 0 Å². The number of nitriles is 2. The Morgan fingerprint density at radius 1 is 1.27 bits per heavy atom. The number of Topliss-reactive ketones (excluding diaryl/α,β-unsaturated/α-hetero) is 1. The molecule has 1 aliphatic heterocycles. The van der Waals surface area contributed by atoms with Crippen molar-refractivity contribution in [2.24, 2.45) is 27.5 Å². The molecule has 0 fully saturated rings. The predicted molar refractivity (Wildman–Crippen MR) is 95.1 cm³/mol. The number of carbonyl (C=O) groups excluding carboxylic acids is 2. The molecule has 1 aliphatic carbocycles. The maximum Gasteiger partial charge on any atom is 0.271 e. The van der Waals surface area contributed by atoms with E-state index in [0.29, 0.717) is 5.57 Å². The summed E-state index contributed by atoms with van der Waals surface area (Å²) in [6, 6.07) is 13.3. The third kappa shape index (κ3) is 1.87. The highest BCUT2D eigenvalue weighted by Gasteiger charge is 2.73. The highest BCUT2D eigenvalue weighted by atomic mass is 16.2. The Labute approximate surface area is 150 Å². The standard InChI is InChI=1S/C20H16N4O2/c1-12-16(13(2)25)15(9-8-14-6-4-3-5-7-14)20(11-22)18(26)24-17(23)19(12,20)10-21/h3-9,15H,1-2H3,(H2,23,24,26)/b9-8+/t15-,19+,20-/m1/s1. The molecule has 3 atom stereocenters. The van der Waals surface area contributed by atoms with Crippen LogP contribution in [-0.4, -0.2) is 17.5 Å². The molecule has 0 saturated heterocycles. The lowest BCUT2D eigenvalue weighted by molar-refractivity contribution is -0.126. The number of nitrogens with two attached hydrogens (primary N) is 1. The molecule has 2 aliphatic rings. The van der Waals surface area contributed by atoms with Crippen molar-refractivity contribution in [2.75, 3.05) is 0 Å². The molecule has 128 valence electrons. The third-order valence-corrected chi connectivity index (χ3v) is 5.28. The third-order valence-electron chi connectivity index (χ3n) is 5.28. The predicted octanol–water partition coefficient (Wildman–Crippen LogP) is 2.15. The normalized spacial score (nSPS) is 30.1.